The van der Waals surface area contributed by atoms with Gasteiger partial charge in [0.25, 0.3) is 0 Å². The molecule has 2 aromatic rings. The van der Waals surface area contributed by atoms with Gasteiger partial charge in [-0.1, -0.05) is 11.6 Å². The van der Waals surface area contributed by atoms with Crippen molar-refractivity contribution in [3.8, 4) is 5.75 Å². The summed E-state index contributed by atoms with van der Waals surface area (Å²) in [6.07, 6.45) is 0.799. The van der Waals surface area contributed by atoms with Crippen LogP contribution in [0.5, 0.6) is 5.75 Å². The summed E-state index contributed by atoms with van der Waals surface area (Å²) in [7, 11) is -3.08. The highest BCUT2D eigenvalue weighted by Crippen LogP contribution is 2.30. The number of amides is 1. The summed E-state index contributed by atoms with van der Waals surface area (Å²) in [6.45, 7) is 0. The molecule has 2 aromatic carbocycles. The van der Waals surface area contributed by atoms with Crippen LogP contribution in [-0.2, 0) is 26.1 Å². The van der Waals surface area contributed by atoms with Gasteiger partial charge in [-0.25, -0.2) is 4.79 Å². The van der Waals surface area contributed by atoms with Gasteiger partial charge >= 0.3 is 16.1 Å². The third-order valence-electron chi connectivity index (χ3n) is 3.80. The second-order valence-corrected chi connectivity index (χ2v) is 7.46. The first-order valence-electron chi connectivity index (χ1n) is 7.55. The highest BCUT2D eigenvalue weighted by molar-refractivity contribution is 7.87. The molecular formula is C17H14ClNO6S. The molecule has 7 nitrogen and oxygen atoms in total. The molecule has 1 N–H and O–H groups in total. The van der Waals surface area contributed by atoms with Gasteiger partial charge < -0.3 is 14.2 Å². The molecule has 0 atom stereocenters. The molecular weight excluding hydrogens is 382 g/mol. The van der Waals surface area contributed by atoms with Gasteiger partial charge in [0, 0.05) is 12.1 Å². The molecule has 0 aromatic heterocycles. The minimum Gasteiger partial charge on any atom is -0.465 e. The van der Waals surface area contributed by atoms with E-state index in [4.69, 9.17) is 15.8 Å². The number of fused-ring (bicyclic) bond motifs is 1. The number of nitrogens with one attached hydrogen (secondary N) is 1. The van der Waals surface area contributed by atoms with E-state index in [1.54, 1.807) is 12.1 Å². The minimum absolute atomic E-state index is 0.0345. The molecule has 0 unspecified atom stereocenters. The maximum atomic E-state index is 12.6. The third kappa shape index (κ3) is 3.66. The Bertz CT molecular complexity index is 1000. The molecule has 1 heterocycles. The first kappa shape index (κ1) is 18.2. The number of hydrogen-bond acceptors (Lipinski definition) is 6. The number of carbonyl (C=O) groups excluding carboxylic acids is 2. The number of benzene rings is 2. The van der Waals surface area contributed by atoms with Crippen molar-refractivity contribution >= 4 is 39.3 Å². The van der Waals surface area contributed by atoms with Gasteiger partial charge in [-0.2, -0.15) is 8.42 Å². The van der Waals surface area contributed by atoms with Crippen LogP contribution in [0, 0.1) is 0 Å². The molecule has 0 saturated heterocycles. The van der Waals surface area contributed by atoms with Gasteiger partial charge in [0.05, 0.1) is 17.7 Å². The lowest BCUT2D eigenvalue weighted by molar-refractivity contribution is -0.116. The largest absolute Gasteiger partial charge is 0.465 e. The molecule has 0 aliphatic carbocycles. The quantitative estimate of drug-likeness (QED) is 0.631. The van der Waals surface area contributed by atoms with Crippen LogP contribution < -0.4 is 9.50 Å². The molecule has 0 saturated carbocycles. The van der Waals surface area contributed by atoms with Gasteiger partial charge in [-0.05, 0) is 48.4 Å². The van der Waals surface area contributed by atoms with E-state index >= 15 is 0 Å². The average Bonchev–Trinajstić information content (AvgIpc) is 2.61. The Labute approximate surface area is 155 Å². The predicted octanol–water partition coefficient (Wildman–Crippen LogP) is 2.78. The summed E-state index contributed by atoms with van der Waals surface area (Å²) in [5, 5.41) is 2.62. The van der Waals surface area contributed by atoms with E-state index < -0.39 is 16.1 Å². The van der Waals surface area contributed by atoms with Crippen molar-refractivity contribution in [2.75, 3.05) is 12.4 Å². The van der Waals surface area contributed by atoms with Crippen molar-refractivity contribution in [2.24, 2.45) is 0 Å². The first-order valence-corrected chi connectivity index (χ1v) is 9.34. The van der Waals surface area contributed by atoms with E-state index in [1.807, 2.05) is 0 Å². The Hall–Kier alpha value is -2.58. The number of esters is 1. The Morgan fingerprint density at radius 3 is 2.65 bits per heavy atom. The van der Waals surface area contributed by atoms with Gasteiger partial charge in [-0.15, -0.1) is 0 Å². The van der Waals surface area contributed by atoms with Crippen LogP contribution in [0.1, 0.15) is 22.3 Å². The fourth-order valence-electron chi connectivity index (χ4n) is 2.52. The van der Waals surface area contributed by atoms with Crippen molar-refractivity contribution in [3.05, 3.63) is 52.5 Å². The van der Waals surface area contributed by atoms with Crippen LogP contribution in [0.2, 0.25) is 5.02 Å². The number of halogens is 1. The first-order chi connectivity index (χ1) is 12.3. The van der Waals surface area contributed by atoms with E-state index in [0.29, 0.717) is 18.5 Å². The highest BCUT2D eigenvalue weighted by atomic mass is 35.5. The van der Waals surface area contributed by atoms with Gasteiger partial charge in [0.1, 0.15) is 10.6 Å². The van der Waals surface area contributed by atoms with Crippen molar-refractivity contribution < 1.29 is 26.9 Å². The average molecular weight is 396 g/mol. The van der Waals surface area contributed by atoms with Crippen LogP contribution in [0.3, 0.4) is 0 Å². The Morgan fingerprint density at radius 1 is 1.15 bits per heavy atom. The molecule has 3 rings (SSSR count). The fraction of sp³-hybridized carbons (Fsp3) is 0.176. The van der Waals surface area contributed by atoms with Crippen molar-refractivity contribution in [3.63, 3.8) is 0 Å². The van der Waals surface area contributed by atoms with Crippen LogP contribution in [-0.4, -0.2) is 27.4 Å². The minimum atomic E-state index is -4.27. The van der Waals surface area contributed by atoms with Gasteiger partial charge in [0.15, 0.2) is 0 Å². The standard InChI is InChI=1S/C17H14ClNO6S/c1-24-17(21)11-2-5-13(18)15(9-11)26(22,23)25-12-4-6-14-10(8-12)3-7-16(20)19-14/h2,4-6,8-9H,3,7H2,1H3,(H,19,20). The van der Waals surface area contributed by atoms with E-state index in [2.05, 4.69) is 10.1 Å². The molecule has 0 bridgehead atoms. The second kappa shape index (κ2) is 6.97. The normalized spacial score (nSPS) is 13.5. The number of rotatable bonds is 4. The van der Waals surface area contributed by atoms with Gasteiger partial charge in [-0.3, -0.25) is 4.79 Å². The molecule has 0 spiro atoms. The maximum Gasteiger partial charge on any atom is 0.340 e. The zero-order chi connectivity index (χ0) is 18.9. The number of methoxy groups -OCH3 is 1. The summed E-state index contributed by atoms with van der Waals surface area (Å²) in [6, 6.07) is 8.29. The molecule has 136 valence electrons. The second-order valence-electron chi connectivity index (χ2n) is 5.54. The van der Waals surface area contributed by atoms with Crippen LogP contribution in [0.25, 0.3) is 0 Å². The molecule has 26 heavy (non-hydrogen) atoms. The SMILES string of the molecule is COC(=O)c1ccc(Cl)c(S(=O)(=O)Oc2ccc3c(c2)CCC(=O)N3)c1. The number of carbonyl (C=O) groups is 2. The van der Waals surface area contributed by atoms with E-state index in [0.717, 1.165) is 11.6 Å². The lowest BCUT2D eigenvalue weighted by Gasteiger charge is -2.17. The topological polar surface area (TPSA) is 98.8 Å². The Balaban J connectivity index is 1.92. The van der Waals surface area contributed by atoms with E-state index in [-0.39, 0.29) is 27.1 Å². The fourth-order valence-corrected chi connectivity index (χ4v) is 3.95. The van der Waals surface area contributed by atoms with Crippen molar-refractivity contribution in [1.82, 2.24) is 0 Å². The molecule has 9 heteroatoms. The van der Waals surface area contributed by atoms with Gasteiger partial charge in [0.2, 0.25) is 5.91 Å². The molecule has 1 aliphatic rings. The van der Waals surface area contributed by atoms with Crippen molar-refractivity contribution in [1.29, 1.82) is 0 Å². The predicted molar refractivity (Wildman–Crippen MR) is 94.0 cm³/mol. The smallest absolute Gasteiger partial charge is 0.340 e. The molecule has 1 aliphatic heterocycles. The molecule has 1 amide bonds. The lowest BCUT2D eigenvalue weighted by Crippen LogP contribution is -2.19. The van der Waals surface area contributed by atoms with E-state index in [9.17, 15) is 18.0 Å². The van der Waals surface area contributed by atoms with E-state index in [1.165, 1.54) is 25.3 Å². The summed E-state index contributed by atoms with van der Waals surface area (Å²) in [5.41, 5.74) is 1.43. The summed E-state index contributed by atoms with van der Waals surface area (Å²) in [4.78, 5) is 22.7. The highest BCUT2D eigenvalue weighted by Gasteiger charge is 2.24. The van der Waals surface area contributed by atoms with Crippen LogP contribution in [0.15, 0.2) is 41.3 Å². The van der Waals surface area contributed by atoms with Crippen LogP contribution in [0.4, 0.5) is 5.69 Å². The zero-order valence-corrected chi connectivity index (χ0v) is 15.2. The molecule has 0 radical (unpaired) electrons. The zero-order valence-electron chi connectivity index (χ0n) is 13.6. The monoisotopic (exact) mass is 395 g/mol. The number of anilines is 1. The number of hydrogen-bond donors (Lipinski definition) is 1. The number of aryl methyl sites for hydroxylation is 1. The molecule has 0 fully saturated rings. The number of ether oxygens (including phenoxy) is 1. The summed E-state index contributed by atoms with van der Waals surface area (Å²) in [5.74, 6) is -0.702. The Kier molecular flexibility index (Phi) is 4.88. The summed E-state index contributed by atoms with van der Waals surface area (Å²) < 4.78 is 34.9. The van der Waals surface area contributed by atoms with Crippen molar-refractivity contribution in [2.45, 2.75) is 17.7 Å². The lowest BCUT2D eigenvalue weighted by atomic mass is 10.0. The van der Waals surface area contributed by atoms with Crippen LogP contribution >= 0.6 is 11.6 Å². The maximum absolute atomic E-state index is 12.6. The Morgan fingerprint density at radius 2 is 1.92 bits per heavy atom. The third-order valence-corrected chi connectivity index (χ3v) is 5.53. The summed E-state index contributed by atoms with van der Waals surface area (Å²) >= 11 is 5.97.